The van der Waals surface area contributed by atoms with E-state index in [-0.39, 0.29) is 12.5 Å². The Balaban J connectivity index is 2.00. The molecule has 1 heterocycles. The summed E-state index contributed by atoms with van der Waals surface area (Å²) in [4.78, 5) is 12.1. The smallest absolute Gasteiger partial charge is 0.251 e. The van der Waals surface area contributed by atoms with Crippen LogP contribution in [0.5, 0.6) is 5.75 Å². The summed E-state index contributed by atoms with van der Waals surface area (Å²) in [6, 6.07) is 6.71. The van der Waals surface area contributed by atoms with Gasteiger partial charge < -0.3 is 20.9 Å². The van der Waals surface area contributed by atoms with E-state index in [4.69, 9.17) is 10.5 Å². The lowest BCUT2D eigenvalue weighted by atomic mass is 10.1. The van der Waals surface area contributed by atoms with Crippen LogP contribution in [0.25, 0.3) is 0 Å². The molecule has 2 rings (SSSR count). The highest BCUT2D eigenvalue weighted by Crippen LogP contribution is 2.19. The number of nitrogen functional groups attached to an aromatic ring is 1. The fraction of sp³-hybridized carbons (Fsp3) is 0.267. The van der Waals surface area contributed by atoms with Gasteiger partial charge in [-0.25, -0.2) is 0 Å². The van der Waals surface area contributed by atoms with Gasteiger partial charge in [-0.1, -0.05) is 0 Å². The third-order valence-corrected chi connectivity index (χ3v) is 3.59. The molecule has 1 amide bonds. The van der Waals surface area contributed by atoms with Crippen molar-refractivity contribution >= 4 is 22.9 Å². The summed E-state index contributed by atoms with van der Waals surface area (Å²) < 4.78 is 5.35. The van der Waals surface area contributed by atoms with Gasteiger partial charge in [0.05, 0.1) is 12.7 Å². The average Bonchev–Trinajstić information content (AvgIpc) is 2.98. The SMILES string of the molecule is CCOc1cc(N)cc(C(=O)NCC(O)c2ccsc2)c1. The summed E-state index contributed by atoms with van der Waals surface area (Å²) >= 11 is 1.50. The quantitative estimate of drug-likeness (QED) is 0.714. The zero-order valence-electron chi connectivity index (χ0n) is 11.7. The minimum atomic E-state index is -0.715. The van der Waals surface area contributed by atoms with E-state index in [2.05, 4.69) is 5.32 Å². The summed E-state index contributed by atoms with van der Waals surface area (Å²) in [5, 5.41) is 16.4. The predicted octanol–water partition coefficient (Wildman–Crippen LogP) is 2.19. The number of carbonyl (C=O) groups excluding carboxylic acids is 1. The Morgan fingerprint density at radius 3 is 2.95 bits per heavy atom. The van der Waals surface area contributed by atoms with E-state index >= 15 is 0 Å². The summed E-state index contributed by atoms with van der Waals surface area (Å²) in [7, 11) is 0. The maximum absolute atomic E-state index is 12.1. The molecule has 0 aliphatic carbocycles. The van der Waals surface area contributed by atoms with Crippen LogP contribution in [0.15, 0.2) is 35.0 Å². The van der Waals surface area contributed by atoms with Crippen molar-refractivity contribution in [2.24, 2.45) is 0 Å². The number of benzene rings is 1. The number of hydrogen-bond donors (Lipinski definition) is 3. The number of anilines is 1. The van der Waals surface area contributed by atoms with Crippen LogP contribution in [0.2, 0.25) is 0 Å². The van der Waals surface area contributed by atoms with Crippen LogP contribution in [-0.4, -0.2) is 24.2 Å². The van der Waals surface area contributed by atoms with E-state index in [1.807, 2.05) is 23.8 Å². The van der Waals surface area contributed by atoms with E-state index in [1.165, 1.54) is 11.3 Å². The van der Waals surface area contributed by atoms with Gasteiger partial charge in [0, 0.05) is 23.9 Å². The molecule has 4 N–H and O–H groups in total. The molecular formula is C15H18N2O3S. The number of aliphatic hydroxyl groups is 1. The van der Waals surface area contributed by atoms with Crippen molar-refractivity contribution in [1.29, 1.82) is 0 Å². The molecule has 1 aromatic carbocycles. The van der Waals surface area contributed by atoms with Gasteiger partial charge in [0.25, 0.3) is 5.91 Å². The fourth-order valence-corrected chi connectivity index (χ4v) is 2.58. The van der Waals surface area contributed by atoms with Crippen molar-refractivity contribution in [3.8, 4) is 5.75 Å². The van der Waals surface area contributed by atoms with E-state index in [0.29, 0.717) is 23.6 Å². The molecule has 112 valence electrons. The molecule has 1 aromatic heterocycles. The van der Waals surface area contributed by atoms with Gasteiger partial charge in [0.15, 0.2) is 0 Å². The monoisotopic (exact) mass is 306 g/mol. The number of amides is 1. The molecule has 0 bridgehead atoms. The second kappa shape index (κ2) is 7.10. The maximum Gasteiger partial charge on any atom is 0.251 e. The molecule has 0 fully saturated rings. The fourth-order valence-electron chi connectivity index (χ4n) is 1.88. The first-order valence-corrected chi connectivity index (χ1v) is 7.56. The Kier molecular flexibility index (Phi) is 5.19. The predicted molar refractivity (Wildman–Crippen MR) is 83.6 cm³/mol. The molecule has 1 unspecified atom stereocenters. The molecule has 0 saturated carbocycles. The molecule has 2 aromatic rings. The molecule has 6 heteroatoms. The van der Waals surface area contributed by atoms with Gasteiger partial charge in [0.1, 0.15) is 5.75 Å². The maximum atomic E-state index is 12.1. The summed E-state index contributed by atoms with van der Waals surface area (Å²) in [5.74, 6) is 0.263. The molecule has 21 heavy (non-hydrogen) atoms. The van der Waals surface area contributed by atoms with Crippen molar-refractivity contribution in [1.82, 2.24) is 5.32 Å². The van der Waals surface area contributed by atoms with Crippen LogP contribution in [0, 0.1) is 0 Å². The largest absolute Gasteiger partial charge is 0.494 e. The molecule has 0 aliphatic rings. The van der Waals surface area contributed by atoms with Crippen LogP contribution in [0.4, 0.5) is 5.69 Å². The molecule has 5 nitrogen and oxygen atoms in total. The zero-order valence-corrected chi connectivity index (χ0v) is 12.5. The summed E-state index contributed by atoms with van der Waals surface area (Å²) in [5.41, 5.74) is 7.42. The highest BCUT2D eigenvalue weighted by molar-refractivity contribution is 7.07. The van der Waals surface area contributed by atoms with E-state index < -0.39 is 6.10 Å². The minimum absolute atomic E-state index is 0.147. The number of rotatable bonds is 6. The van der Waals surface area contributed by atoms with Gasteiger partial charge in [-0.2, -0.15) is 11.3 Å². The molecular weight excluding hydrogens is 288 g/mol. The normalized spacial score (nSPS) is 11.9. The highest BCUT2D eigenvalue weighted by atomic mass is 32.1. The van der Waals surface area contributed by atoms with Crippen LogP contribution in [-0.2, 0) is 0 Å². The second-order valence-corrected chi connectivity index (χ2v) is 5.29. The van der Waals surface area contributed by atoms with Crippen molar-refractivity contribution in [2.45, 2.75) is 13.0 Å². The topological polar surface area (TPSA) is 84.6 Å². The minimum Gasteiger partial charge on any atom is -0.494 e. The van der Waals surface area contributed by atoms with Crippen LogP contribution in [0.1, 0.15) is 28.9 Å². The van der Waals surface area contributed by atoms with E-state index in [1.54, 1.807) is 18.2 Å². The first-order chi connectivity index (χ1) is 10.1. The van der Waals surface area contributed by atoms with Gasteiger partial charge in [-0.05, 0) is 41.4 Å². The third kappa shape index (κ3) is 4.21. The number of nitrogens with one attached hydrogen (secondary N) is 1. The molecule has 0 spiro atoms. The van der Waals surface area contributed by atoms with E-state index in [9.17, 15) is 9.90 Å². The average molecular weight is 306 g/mol. The number of carbonyl (C=O) groups is 1. The van der Waals surface area contributed by atoms with Gasteiger partial charge in [0.2, 0.25) is 0 Å². The Hall–Kier alpha value is -2.05. The van der Waals surface area contributed by atoms with Crippen molar-refractivity contribution in [3.63, 3.8) is 0 Å². The number of hydrogen-bond acceptors (Lipinski definition) is 5. The van der Waals surface area contributed by atoms with Crippen LogP contribution >= 0.6 is 11.3 Å². The lowest BCUT2D eigenvalue weighted by molar-refractivity contribution is 0.0916. The summed E-state index contributed by atoms with van der Waals surface area (Å²) in [6.07, 6.45) is -0.715. The summed E-state index contributed by atoms with van der Waals surface area (Å²) in [6.45, 7) is 2.51. The first-order valence-electron chi connectivity index (χ1n) is 6.62. The number of nitrogens with two attached hydrogens (primary N) is 1. The van der Waals surface area contributed by atoms with Crippen molar-refractivity contribution in [3.05, 3.63) is 46.2 Å². The third-order valence-electron chi connectivity index (χ3n) is 2.89. The standard InChI is InChI=1S/C15H18N2O3S/c1-2-20-13-6-11(5-12(16)7-13)15(19)17-8-14(18)10-3-4-21-9-10/h3-7,9,14,18H,2,8,16H2,1H3,(H,17,19). The van der Waals surface area contributed by atoms with Crippen LogP contribution < -0.4 is 15.8 Å². The lowest BCUT2D eigenvalue weighted by Crippen LogP contribution is -2.28. The van der Waals surface area contributed by atoms with Gasteiger partial charge >= 0.3 is 0 Å². The first kappa shape index (κ1) is 15.3. The molecule has 0 saturated heterocycles. The Bertz CT molecular complexity index is 599. The van der Waals surface area contributed by atoms with Crippen molar-refractivity contribution < 1.29 is 14.6 Å². The van der Waals surface area contributed by atoms with Gasteiger partial charge in [-0.3, -0.25) is 4.79 Å². The van der Waals surface area contributed by atoms with Crippen LogP contribution in [0.3, 0.4) is 0 Å². The number of thiophene rings is 1. The molecule has 0 aliphatic heterocycles. The number of aliphatic hydroxyl groups excluding tert-OH is 1. The Labute approximate surface area is 127 Å². The van der Waals surface area contributed by atoms with Crippen molar-refractivity contribution in [2.75, 3.05) is 18.9 Å². The molecule has 1 atom stereocenters. The highest BCUT2D eigenvalue weighted by Gasteiger charge is 2.12. The second-order valence-electron chi connectivity index (χ2n) is 4.51. The van der Waals surface area contributed by atoms with Gasteiger partial charge in [-0.15, -0.1) is 0 Å². The Morgan fingerprint density at radius 2 is 2.29 bits per heavy atom. The Morgan fingerprint density at radius 1 is 1.48 bits per heavy atom. The number of ether oxygens (including phenoxy) is 1. The van der Waals surface area contributed by atoms with E-state index in [0.717, 1.165) is 5.56 Å². The molecule has 0 radical (unpaired) electrons. The zero-order chi connectivity index (χ0) is 15.2. The lowest BCUT2D eigenvalue weighted by Gasteiger charge is -2.12.